The van der Waals surface area contributed by atoms with Gasteiger partial charge in [-0.3, -0.25) is 14.5 Å². The van der Waals surface area contributed by atoms with Crippen molar-refractivity contribution in [1.29, 1.82) is 0 Å². The number of amides is 1. The van der Waals surface area contributed by atoms with E-state index in [4.69, 9.17) is 9.15 Å². The van der Waals surface area contributed by atoms with Crippen molar-refractivity contribution in [3.63, 3.8) is 0 Å². The van der Waals surface area contributed by atoms with E-state index in [0.717, 1.165) is 33.9 Å². The maximum absolute atomic E-state index is 13.9. The van der Waals surface area contributed by atoms with E-state index in [1.165, 1.54) is 0 Å². The van der Waals surface area contributed by atoms with Gasteiger partial charge in [-0.25, -0.2) is 0 Å². The van der Waals surface area contributed by atoms with E-state index in [2.05, 4.69) is 20.8 Å². The highest BCUT2D eigenvalue weighted by Gasteiger charge is 2.42. The van der Waals surface area contributed by atoms with Gasteiger partial charge in [0.1, 0.15) is 5.58 Å². The first-order valence-corrected chi connectivity index (χ1v) is 12.3. The summed E-state index contributed by atoms with van der Waals surface area (Å²) >= 11 is 3.54. The summed E-state index contributed by atoms with van der Waals surface area (Å²) in [5.41, 5.74) is 1.64. The number of carbonyl (C=O) groups is 1. The highest BCUT2D eigenvalue weighted by Crippen LogP contribution is 2.39. The van der Waals surface area contributed by atoms with Gasteiger partial charge in [0, 0.05) is 36.0 Å². The van der Waals surface area contributed by atoms with Crippen LogP contribution in [0, 0.1) is 0 Å². The molecule has 3 aromatic carbocycles. The normalized spacial score (nSPS) is 18.7. The molecule has 4 aromatic rings. The van der Waals surface area contributed by atoms with Crippen molar-refractivity contribution in [3.8, 4) is 0 Å². The molecule has 1 unspecified atom stereocenters. The Kier molecular flexibility index (Phi) is 5.48. The number of halogens is 1. The largest absolute Gasteiger partial charge is 0.450 e. The third-order valence-electron chi connectivity index (χ3n) is 6.78. The minimum atomic E-state index is -0.492. The summed E-state index contributed by atoms with van der Waals surface area (Å²) in [6.07, 6.45) is 0. The van der Waals surface area contributed by atoms with Crippen LogP contribution in [-0.4, -0.2) is 55.1 Å². The lowest BCUT2D eigenvalue weighted by atomic mass is 9.97. The van der Waals surface area contributed by atoms with Gasteiger partial charge in [-0.15, -0.1) is 0 Å². The Hall–Kier alpha value is -3.00. The summed E-state index contributed by atoms with van der Waals surface area (Å²) in [6.45, 7) is 4.28. The molecule has 6 nitrogen and oxygen atoms in total. The average molecular weight is 519 g/mol. The van der Waals surface area contributed by atoms with Gasteiger partial charge in [0.15, 0.2) is 5.43 Å². The molecule has 1 aromatic heterocycles. The molecule has 7 heteroatoms. The Morgan fingerprint density at radius 1 is 0.912 bits per heavy atom. The zero-order valence-corrected chi connectivity index (χ0v) is 20.1. The van der Waals surface area contributed by atoms with Gasteiger partial charge >= 0.3 is 0 Å². The number of hydrogen-bond donors (Lipinski definition) is 0. The first-order chi connectivity index (χ1) is 16.6. The second-order valence-electron chi connectivity index (χ2n) is 8.75. The number of hydrogen-bond acceptors (Lipinski definition) is 5. The van der Waals surface area contributed by atoms with Crippen molar-refractivity contribution >= 4 is 43.6 Å². The quantitative estimate of drug-likeness (QED) is 0.370. The molecule has 172 valence electrons. The standard InChI is InChI=1S/C27H23BrN2O4/c28-19-6-3-5-18(16-19)23-22-24(31)21-9-8-17-4-1-2-7-20(17)25(21)34-26(22)27(32)30(23)11-10-29-12-14-33-15-13-29/h1-9,16,23H,10-15H2. The van der Waals surface area contributed by atoms with E-state index in [1.807, 2.05) is 60.7 Å². The zero-order chi connectivity index (χ0) is 23.2. The van der Waals surface area contributed by atoms with Crippen molar-refractivity contribution in [3.05, 3.63) is 92.2 Å². The molecule has 3 heterocycles. The topological polar surface area (TPSA) is 63.0 Å². The molecule has 1 atom stereocenters. The van der Waals surface area contributed by atoms with E-state index in [-0.39, 0.29) is 17.1 Å². The first kappa shape index (κ1) is 21.5. The van der Waals surface area contributed by atoms with Crippen LogP contribution in [0.5, 0.6) is 0 Å². The molecule has 2 aliphatic heterocycles. The lowest BCUT2D eigenvalue weighted by molar-refractivity contribution is 0.0314. The zero-order valence-electron chi connectivity index (χ0n) is 18.5. The van der Waals surface area contributed by atoms with Crippen LogP contribution in [0.4, 0.5) is 0 Å². The van der Waals surface area contributed by atoms with Gasteiger partial charge in [-0.2, -0.15) is 0 Å². The van der Waals surface area contributed by atoms with Crippen molar-refractivity contribution in [2.75, 3.05) is 39.4 Å². The van der Waals surface area contributed by atoms with Crippen molar-refractivity contribution < 1.29 is 13.9 Å². The molecule has 34 heavy (non-hydrogen) atoms. The molecular formula is C27H23BrN2O4. The van der Waals surface area contributed by atoms with Crippen LogP contribution in [0.15, 0.2) is 74.3 Å². The molecular weight excluding hydrogens is 496 g/mol. The Bertz CT molecular complexity index is 1480. The predicted octanol–water partition coefficient (Wildman–Crippen LogP) is 4.59. The minimum Gasteiger partial charge on any atom is -0.450 e. The third-order valence-corrected chi connectivity index (χ3v) is 7.28. The fourth-order valence-electron chi connectivity index (χ4n) is 5.08. The summed E-state index contributed by atoms with van der Waals surface area (Å²) in [5, 5.41) is 2.30. The smallest absolute Gasteiger partial charge is 0.290 e. The Morgan fingerprint density at radius 2 is 1.74 bits per heavy atom. The fraction of sp³-hybridized carbons (Fsp3) is 0.259. The highest BCUT2D eigenvalue weighted by molar-refractivity contribution is 9.10. The van der Waals surface area contributed by atoms with Crippen LogP contribution in [0.1, 0.15) is 27.7 Å². The van der Waals surface area contributed by atoms with Gasteiger partial charge < -0.3 is 14.1 Å². The summed E-state index contributed by atoms with van der Waals surface area (Å²) in [7, 11) is 0. The van der Waals surface area contributed by atoms with Gasteiger partial charge in [-0.05, 0) is 29.1 Å². The molecule has 0 radical (unpaired) electrons. The maximum atomic E-state index is 13.9. The van der Waals surface area contributed by atoms with E-state index in [0.29, 0.717) is 42.8 Å². The number of benzene rings is 3. The Morgan fingerprint density at radius 3 is 2.56 bits per heavy atom. The number of rotatable bonds is 4. The van der Waals surface area contributed by atoms with Crippen LogP contribution in [0.3, 0.4) is 0 Å². The Balaban J connectivity index is 1.51. The van der Waals surface area contributed by atoms with E-state index in [1.54, 1.807) is 4.90 Å². The second kappa shape index (κ2) is 8.65. The van der Waals surface area contributed by atoms with Gasteiger partial charge in [0.05, 0.1) is 30.2 Å². The van der Waals surface area contributed by atoms with Gasteiger partial charge in [0.2, 0.25) is 5.76 Å². The Labute approximate surface area is 204 Å². The van der Waals surface area contributed by atoms with Gasteiger partial charge in [-0.1, -0.05) is 58.4 Å². The van der Waals surface area contributed by atoms with Crippen LogP contribution >= 0.6 is 15.9 Å². The number of morpholine rings is 1. The predicted molar refractivity (Wildman–Crippen MR) is 134 cm³/mol. The number of carbonyl (C=O) groups excluding carboxylic acids is 1. The highest BCUT2D eigenvalue weighted by atomic mass is 79.9. The lowest BCUT2D eigenvalue weighted by Gasteiger charge is -2.31. The molecule has 1 saturated heterocycles. The molecule has 6 rings (SSSR count). The van der Waals surface area contributed by atoms with Crippen LogP contribution in [0.2, 0.25) is 0 Å². The summed E-state index contributed by atoms with van der Waals surface area (Å²) < 4.78 is 12.6. The van der Waals surface area contributed by atoms with Gasteiger partial charge in [0.25, 0.3) is 5.91 Å². The second-order valence-corrected chi connectivity index (χ2v) is 9.66. The number of fused-ring (bicyclic) bond motifs is 4. The molecule has 0 saturated carbocycles. The number of ether oxygens (including phenoxy) is 1. The van der Waals surface area contributed by atoms with Crippen LogP contribution in [0.25, 0.3) is 21.7 Å². The van der Waals surface area contributed by atoms with Crippen molar-refractivity contribution in [1.82, 2.24) is 9.80 Å². The summed E-state index contributed by atoms with van der Waals surface area (Å²) in [6, 6.07) is 18.8. The van der Waals surface area contributed by atoms with Crippen LogP contribution < -0.4 is 5.43 Å². The molecule has 1 fully saturated rings. The fourth-order valence-corrected chi connectivity index (χ4v) is 5.49. The van der Waals surface area contributed by atoms with Crippen molar-refractivity contribution in [2.45, 2.75) is 6.04 Å². The molecule has 0 N–H and O–H groups in total. The maximum Gasteiger partial charge on any atom is 0.290 e. The molecule has 0 spiro atoms. The van der Waals surface area contributed by atoms with Crippen LogP contribution in [-0.2, 0) is 4.74 Å². The lowest BCUT2D eigenvalue weighted by Crippen LogP contribution is -2.42. The minimum absolute atomic E-state index is 0.144. The average Bonchev–Trinajstić information content (AvgIpc) is 3.15. The number of nitrogens with zero attached hydrogens (tertiary/aromatic N) is 2. The molecule has 0 aliphatic carbocycles. The van der Waals surface area contributed by atoms with E-state index in [9.17, 15) is 9.59 Å². The van der Waals surface area contributed by atoms with E-state index < -0.39 is 6.04 Å². The summed E-state index contributed by atoms with van der Waals surface area (Å²) in [5.74, 6) is -0.0824. The third kappa shape index (κ3) is 3.55. The first-order valence-electron chi connectivity index (χ1n) is 11.5. The molecule has 1 amide bonds. The monoisotopic (exact) mass is 518 g/mol. The SMILES string of the molecule is O=C1c2oc3c(ccc4ccccc43)c(=O)c2C(c2cccc(Br)c2)N1CCN1CCOCC1. The van der Waals surface area contributed by atoms with E-state index >= 15 is 0 Å². The molecule has 2 aliphatic rings. The molecule has 0 bridgehead atoms. The summed E-state index contributed by atoms with van der Waals surface area (Å²) in [4.78, 5) is 31.6. The van der Waals surface area contributed by atoms with Crippen molar-refractivity contribution in [2.24, 2.45) is 0 Å².